The quantitative estimate of drug-likeness (QED) is 0.350. The van der Waals surface area contributed by atoms with E-state index in [1.54, 1.807) is 21.9 Å². The number of benzene rings is 1. The molecule has 3 amide bonds. The summed E-state index contributed by atoms with van der Waals surface area (Å²) >= 11 is 0. The van der Waals surface area contributed by atoms with Gasteiger partial charge in [-0.3, -0.25) is 19.4 Å². The van der Waals surface area contributed by atoms with Crippen LogP contribution in [0.2, 0.25) is 18.1 Å². The first kappa shape index (κ1) is 41.0. The second-order valence-electron chi connectivity index (χ2n) is 17.6. The third-order valence-electron chi connectivity index (χ3n) is 12.2. The highest BCUT2D eigenvalue weighted by atomic mass is 28.4. The van der Waals surface area contributed by atoms with Gasteiger partial charge in [0.2, 0.25) is 11.8 Å². The number of amides is 3. The molecule has 5 atom stereocenters. The highest BCUT2D eigenvalue weighted by Crippen LogP contribution is 2.39. The number of carbonyl (C=O) groups is 3. The van der Waals surface area contributed by atoms with Gasteiger partial charge in [-0.15, -0.1) is 0 Å². The lowest BCUT2D eigenvalue weighted by atomic mass is 10.00. The maximum atomic E-state index is 14.5. The summed E-state index contributed by atoms with van der Waals surface area (Å²) in [5, 5.41) is 10.1. The minimum Gasteiger partial charge on any atom is -0.474 e. The van der Waals surface area contributed by atoms with E-state index in [0.717, 1.165) is 5.56 Å². The third-order valence-corrected chi connectivity index (χ3v) is 16.7. The third kappa shape index (κ3) is 8.85. The average molecular weight is 783 g/mol. The number of carboxylic acid groups (broad SMARTS) is 1. The van der Waals surface area contributed by atoms with Crippen molar-refractivity contribution < 1.29 is 37.8 Å². The molecule has 0 aliphatic carbocycles. The fourth-order valence-electron chi connectivity index (χ4n) is 7.89. The summed E-state index contributed by atoms with van der Waals surface area (Å²) in [6.45, 7) is 22.6. The Morgan fingerprint density at radius 2 is 1.60 bits per heavy atom. The number of aromatic nitrogens is 1. The zero-order valence-electron chi connectivity index (χ0n) is 33.9. The van der Waals surface area contributed by atoms with Crippen molar-refractivity contribution in [2.75, 3.05) is 64.0 Å². The number of ether oxygens (including phenoxy) is 2. The van der Waals surface area contributed by atoms with Gasteiger partial charge in [0.05, 0.1) is 31.9 Å². The van der Waals surface area contributed by atoms with Crippen molar-refractivity contribution in [2.24, 2.45) is 0 Å². The number of halogens is 1. The second kappa shape index (κ2) is 16.1. The Morgan fingerprint density at radius 3 is 2.22 bits per heavy atom. The average Bonchev–Trinajstić information content (AvgIpc) is 3.08. The summed E-state index contributed by atoms with van der Waals surface area (Å²) in [5.74, 6) is -0.549. The number of nitrogens with zero attached hydrogens (tertiary/aromatic N) is 6. The molecule has 1 unspecified atom stereocenters. The molecule has 1 aromatic heterocycles. The normalized spacial score (nSPS) is 25.6. The molecule has 5 heterocycles. The predicted octanol–water partition coefficient (Wildman–Crippen LogP) is 4.93. The van der Waals surface area contributed by atoms with Crippen LogP contribution in [0, 0.1) is 5.82 Å². The Morgan fingerprint density at radius 1 is 0.945 bits per heavy atom. The maximum absolute atomic E-state index is 14.5. The van der Waals surface area contributed by atoms with Gasteiger partial charge in [-0.1, -0.05) is 32.9 Å². The van der Waals surface area contributed by atoms with E-state index in [4.69, 9.17) is 18.9 Å². The van der Waals surface area contributed by atoms with Gasteiger partial charge in [-0.05, 0) is 81.6 Å². The number of pyridine rings is 1. The lowest BCUT2D eigenvalue weighted by Crippen LogP contribution is -2.65. The Hall–Kier alpha value is -3.63. The Kier molecular flexibility index (Phi) is 12.0. The molecule has 302 valence electrons. The van der Waals surface area contributed by atoms with Crippen LogP contribution in [0.1, 0.15) is 70.1 Å². The number of likely N-dealkylation sites (tertiary alicyclic amines) is 1. The van der Waals surface area contributed by atoms with Crippen LogP contribution in [-0.2, 0) is 20.4 Å². The summed E-state index contributed by atoms with van der Waals surface area (Å²) in [6.07, 6.45) is -0.723. The second-order valence-corrected chi connectivity index (χ2v) is 22.3. The molecule has 55 heavy (non-hydrogen) atoms. The molecular formula is C40H59FN6O7Si. The molecule has 3 saturated heterocycles. The number of rotatable bonds is 9. The van der Waals surface area contributed by atoms with Crippen molar-refractivity contribution in [1.82, 2.24) is 24.6 Å². The molecular weight excluding hydrogens is 724 g/mol. The number of hydrogen-bond donors (Lipinski definition) is 1. The molecule has 13 nitrogen and oxygen atoms in total. The van der Waals surface area contributed by atoms with Crippen molar-refractivity contribution in [2.45, 2.75) is 109 Å². The SMILES string of the molecule is CC1COc2nc(C(=O)N3CC(O[Si](C)(C)C(C)(C)C)C3)c(Cc3ccc(F)cc3)cc2N1C(=O)CN1C[C@@H](C)N(C(=O)O)C[C@@H]1CN1[C@H](C)COC[C@H]1C. The van der Waals surface area contributed by atoms with E-state index in [0.29, 0.717) is 57.1 Å². The van der Waals surface area contributed by atoms with Crippen LogP contribution in [0.4, 0.5) is 14.9 Å². The van der Waals surface area contributed by atoms with Crippen molar-refractivity contribution in [1.29, 1.82) is 0 Å². The molecule has 2 aromatic rings. The lowest BCUT2D eigenvalue weighted by molar-refractivity contribution is -0.122. The Bertz CT molecular complexity index is 1730. The van der Waals surface area contributed by atoms with Crippen LogP contribution in [0.3, 0.4) is 0 Å². The van der Waals surface area contributed by atoms with Crippen molar-refractivity contribution in [3.63, 3.8) is 0 Å². The number of hydrogen-bond acceptors (Lipinski definition) is 9. The van der Waals surface area contributed by atoms with Crippen LogP contribution in [0.25, 0.3) is 0 Å². The standard InChI is InChI=1S/C40H59FN6O7Si/c1-25-16-43(32(18-46(25)39(50)51)17-45-26(2)22-52-23-27(45)3)21-35(48)47-28(4)24-53-37-34(47)15-30(14-29-10-12-31(41)13-11-29)36(42-37)38(49)44-19-33(20-44)54-55(8,9)40(5,6)7/h10-13,15,25-28,32-33H,14,16-24H2,1-9H3,(H,50,51)/t25-,26-,27-,28?,32+/m1/s1. The van der Waals surface area contributed by atoms with E-state index in [1.165, 1.54) is 17.0 Å². The minimum atomic E-state index is -2.02. The van der Waals surface area contributed by atoms with Gasteiger partial charge >= 0.3 is 6.09 Å². The molecule has 0 spiro atoms. The summed E-state index contributed by atoms with van der Waals surface area (Å²) in [5.41, 5.74) is 2.12. The summed E-state index contributed by atoms with van der Waals surface area (Å²) in [7, 11) is -2.02. The van der Waals surface area contributed by atoms with Crippen LogP contribution in [-0.4, -0.2) is 151 Å². The van der Waals surface area contributed by atoms with Crippen molar-refractivity contribution >= 4 is 31.9 Å². The molecule has 0 radical (unpaired) electrons. The molecule has 3 fully saturated rings. The topological polar surface area (TPSA) is 128 Å². The minimum absolute atomic E-state index is 0.0451. The number of fused-ring (bicyclic) bond motifs is 1. The van der Waals surface area contributed by atoms with Crippen LogP contribution in [0.5, 0.6) is 5.88 Å². The highest BCUT2D eigenvalue weighted by Gasteiger charge is 2.44. The van der Waals surface area contributed by atoms with E-state index in [-0.39, 0.29) is 90.3 Å². The predicted molar refractivity (Wildman–Crippen MR) is 210 cm³/mol. The van der Waals surface area contributed by atoms with E-state index in [1.807, 2.05) is 19.9 Å². The monoisotopic (exact) mass is 782 g/mol. The first-order chi connectivity index (χ1) is 25.8. The largest absolute Gasteiger partial charge is 0.474 e. The van der Waals surface area contributed by atoms with Gasteiger partial charge in [0, 0.05) is 56.9 Å². The number of piperazine rings is 1. The first-order valence-corrected chi connectivity index (χ1v) is 22.5. The van der Waals surface area contributed by atoms with E-state index < -0.39 is 14.4 Å². The van der Waals surface area contributed by atoms with Gasteiger partial charge in [-0.2, -0.15) is 0 Å². The van der Waals surface area contributed by atoms with Gasteiger partial charge < -0.3 is 33.7 Å². The molecule has 6 rings (SSSR count). The maximum Gasteiger partial charge on any atom is 0.407 e. The number of anilines is 1. The fourth-order valence-corrected chi connectivity index (χ4v) is 9.23. The van der Waals surface area contributed by atoms with E-state index in [2.05, 4.69) is 57.5 Å². The van der Waals surface area contributed by atoms with Crippen molar-refractivity contribution in [3.05, 3.63) is 53.0 Å². The number of morpholine rings is 1. The Labute approximate surface area is 325 Å². The Balaban J connectivity index is 1.27. The fraction of sp³-hybridized carbons (Fsp3) is 0.650. The van der Waals surface area contributed by atoms with Gasteiger partial charge in [0.1, 0.15) is 23.8 Å². The van der Waals surface area contributed by atoms with E-state index >= 15 is 0 Å². The van der Waals surface area contributed by atoms with Gasteiger partial charge in [0.25, 0.3) is 5.91 Å². The van der Waals surface area contributed by atoms with Gasteiger partial charge in [0.15, 0.2) is 8.32 Å². The lowest BCUT2D eigenvalue weighted by Gasteiger charge is -2.48. The van der Waals surface area contributed by atoms with Crippen LogP contribution >= 0.6 is 0 Å². The zero-order chi connectivity index (χ0) is 40.0. The highest BCUT2D eigenvalue weighted by molar-refractivity contribution is 6.74. The smallest absolute Gasteiger partial charge is 0.407 e. The molecule has 4 aliphatic rings. The van der Waals surface area contributed by atoms with Crippen molar-refractivity contribution in [3.8, 4) is 5.88 Å². The molecule has 15 heteroatoms. The zero-order valence-corrected chi connectivity index (χ0v) is 34.9. The summed E-state index contributed by atoms with van der Waals surface area (Å²) < 4.78 is 32.4. The van der Waals surface area contributed by atoms with Gasteiger partial charge in [-0.25, -0.2) is 14.2 Å². The molecule has 1 aromatic carbocycles. The summed E-state index contributed by atoms with van der Waals surface area (Å²) in [4.78, 5) is 55.1. The van der Waals surface area contributed by atoms with Crippen LogP contribution < -0.4 is 9.64 Å². The molecule has 0 bridgehead atoms. The molecule has 1 N–H and O–H groups in total. The summed E-state index contributed by atoms with van der Waals surface area (Å²) in [6, 6.07) is 7.43. The molecule has 4 aliphatic heterocycles. The van der Waals surface area contributed by atoms with Crippen LogP contribution in [0.15, 0.2) is 30.3 Å². The number of carbonyl (C=O) groups excluding carboxylic acids is 2. The molecule has 0 saturated carbocycles. The first-order valence-electron chi connectivity index (χ1n) is 19.6. The van der Waals surface area contributed by atoms with E-state index in [9.17, 15) is 23.9 Å².